The Labute approximate surface area is 141 Å². The van der Waals surface area contributed by atoms with Crippen LogP contribution in [-0.4, -0.2) is 83.9 Å². The lowest BCUT2D eigenvalue weighted by atomic mass is 10.1. The molecule has 23 heavy (non-hydrogen) atoms. The molecule has 2 saturated heterocycles. The van der Waals surface area contributed by atoms with Crippen LogP contribution in [0.3, 0.4) is 0 Å². The predicted octanol–water partition coefficient (Wildman–Crippen LogP) is 0.763. The molecule has 2 rings (SSSR count). The molecule has 0 radical (unpaired) electrons. The van der Waals surface area contributed by atoms with E-state index in [9.17, 15) is 14.4 Å². The molecule has 0 aliphatic carbocycles. The van der Waals surface area contributed by atoms with Gasteiger partial charge in [0, 0.05) is 45.2 Å². The van der Waals surface area contributed by atoms with E-state index in [2.05, 4.69) is 0 Å². The molecule has 1 atom stereocenters. The van der Waals surface area contributed by atoms with Gasteiger partial charge >= 0.3 is 6.09 Å². The topological polar surface area (TPSA) is 70.2 Å². The Kier molecular flexibility index (Phi) is 6.10. The second-order valence-corrected chi connectivity index (χ2v) is 6.53. The van der Waals surface area contributed by atoms with Crippen LogP contribution in [0.1, 0.15) is 20.3 Å². The Morgan fingerprint density at radius 3 is 2.35 bits per heavy atom. The summed E-state index contributed by atoms with van der Waals surface area (Å²) in [5.41, 5.74) is 0. The molecule has 7 nitrogen and oxygen atoms in total. The van der Waals surface area contributed by atoms with Gasteiger partial charge in [-0.3, -0.25) is 9.59 Å². The highest BCUT2D eigenvalue weighted by molar-refractivity contribution is 6.18. The molecule has 0 N–H and O–H groups in total. The number of likely N-dealkylation sites (tertiary alicyclic amines) is 1. The van der Waals surface area contributed by atoms with Gasteiger partial charge in [-0.2, -0.15) is 0 Å². The lowest BCUT2D eigenvalue weighted by Gasteiger charge is -2.35. The van der Waals surface area contributed by atoms with E-state index in [1.165, 1.54) is 0 Å². The fourth-order valence-electron chi connectivity index (χ4n) is 2.98. The maximum Gasteiger partial charge on any atom is 0.409 e. The number of rotatable bonds is 4. The van der Waals surface area contributed by atoms with Crippen molar-refractivity contribution in [3.05, 3.63) is 0 Å². The van der Waals surface area contributed by atoms with E-state index in [-0.39, 0.29) is 48.8 Å². The van der Waals surface area contributed by atoms with Gasteiger partial charge in [0.1, 0.15) is 6.61 Å². The Bertz CT molecular complexity index is 464. The normalized spacial score (nSPS) is 22.0. The van der Waals surface area contributed by atoms with Crippen molar-refractivity contribution in [2.75, 3.05) is 45.2 Å². The molecular formula is C15H24ClN3O4. The average molecular weight is 346 g/mol. The number of nitrogens with zero attached hydrogens (tertiary/aromatic N) is 3. The third-order valence-electron chi connectivity index (χ3n) is 4.28. The summed E-state index contributed by atoms with van der Waals surface area (Å²) in [7, 11) is 0. The average Bonchev–Trinajstić information content (AvgIpc) is 2.94. The summed E-state index contributed by atoms with van der Waals surface area (Å²) in [6.45, 7) is 6.43. The van der Waals surface area contributed by atoms with Gasteiger partial charge in [0.25, 0.3) is 0 Å². The zero-order valence-electron chi connectivity index (χ0n) is 13.7. The van der Waals surface area contributed by atoms with Gasteiger partial charge < -0.3 is 19.4 Å². The van der Waals surface area contributed by atoms with E-state index < -0.39 is 0 Å². The van der Waals surface area contributed by atoms with E-state index in [0.717, 1.165) is 0 Å². The first-order valence-corrected chi connectivity index (χ1v) is 8.53. The Morgan fingerprint density at radius 2 is 1.83 bits per heavy atom. The second-order valence-electron chi connectivity index (χ2n) is 6.16. The molecule has 8 heteroatoms. The lowest BCUT2D eigenvalue weighted by Crippen LogP contribution is -2.52. The molecule has 2 aliphatic rings. The summed E-state index contributed by atoms with van der Waals surface area (Å²) < 4.78 is 4.98. The van der Waals surface area contributed by atoms with Gasteiger partial charge in [0.15, 0.2) is 0 Å². The van der Waals surface area contributed by atoms with Crippen LogP contribution in [0, 0.1) is 5.92 Å². The quantitative estimate of drug-likeness (QED) is 0.705. The highest BCUT2D eigenvalue weighted by atomic mass is 35.5. The number of carbonyl (C=O) groups is 3. The third kappa shape index (κ3) is 4.28. The highest BCUT2D eigenvalue weighted by Gasteiger charge is 2.38. The van der Waals surface area contributed by atoms with Gasteiger partial charge in [0.05, 0.1) is 11.8 Å². The van der Waals surface area contributed by atoms with Crippen molar-refractivity contribution in [2.24, 2.45) is 5.92 Å². The number of carbonyl (C=O) groups excluding carboxylic acids is 3. The summed E-state index contributed by atoms with van der Waals surface area (Å²) in [6.07, 6.45) is -0.102. The minimum atomic E-state index is -0.389. The van der Waals surface area contributed by atoms with Crippen LogP contribution in [-0.2, 0) is 14.3 Å². The number of alkyl halides is 1. The number of amides is 3. The molecule has 0 saturated carbocycles. The van der Waals surface area contributed by atoms with Crippen molar-refractivity contribution in [1.82, 2.24) is 14.7 Å². The first kappa shape index (κ1) is 17.8. The van der Waals surface area contributed by atoms with E-state index in [1.54, 1.807) is 14.7 Å². The molecule has 0 bridgehead atoms. The lowest BCUT2D eigenvalue weighted by molar-refractivity contribution is -0.137. The van der Waals surface area contributed by atoms with Crippen LogP contribution >= 0.6 is 11.6 Å². The van der Waals surface area contributed by atoms with Crippen LogP contribution in [0.4, 0.5) is 4.79 Å². The minimum Gasteiger partial charge on any atom is -0.448 e. The van der Waals surface area contributed by atoms with E-state index in [0.29, 0.717) is 32.7 Å². The zero-order chi connectivity index (χ0) is 17.0. The number of hydrogen-bond acceptors (Lipinski definition) is 4. The fourth-order valence-corrected chi connectivity index (χ4v) is 3.06. The van der Waals surface area contributed by atoms with Gasteiger partial charge in [0.2, 0.25) is 11.8 Å². The van der Waals surface area contributed by atoms with Gasteiger partial charge in [-0.15, -0.1) is 11.6 Å². The Balaban J connectivity index is 1.82. The van der Waals surface area contributed by atoms with E-state index in [4.69, 9.17) is 16.3 Å². The zero-order valence-corrected chi connectivity index (χ0v) is 14.4. The van der Waals surface area contributed by atoms with E-state index >= 15 is 0 Å². The second kappa shape index (κ2) is 7.86. The van der Waals surface area contributed by atoms with Crippen molar-refractivity contribution < 1.29 is 19.1 Å². The maximum absolute atomic E-state index is 12.6. The van der Waals surface area contributed by atoms with E-state index in [1.807, 2.05) is 13.8 Å². The van der Waals surface area contributed by atoms with Crippen molar-refractivity contribution >= 4 is 29.5 Å². The molecule has 2 aliphatic heterocycles. The summed E-state index contributed by atoms with van der Waals surface area (Å²) >= 11 is 5.49. The monoisotopic (exact) mass is 345 g/mol. The summed E-state index contributed by atoms with van der Waals surface area (Å²) in [5.74, 6) is 0.0586. The molecule has 0 aromatic rings. The smallest absolute Gasteiger partial charge is 0.409 e. The van der Waals surface area contributed by atoms with Gasteiger partial charge in [-0.05, 0) is 13.8 Å². The molecule has 130 valence electrons. The molecule has 0 aromatic carbocycles. The van der Waals surface area contributed by atoms with Crippen molar-refractivity contribution in [3.63, 3.8) is 0 Å². The molecule has 1 unspecified atom stereocenters. The largest absolute Gasteiger partial charge is 0.448 e. The number of halogens is 1. The first-order valence-electron chi connectivity index (χ1n) is 8.00. The first-order chi connectivity index (χ1) is 10.9. The highest BCUT2D eigenvalue weighted by Crippen LogP contribution is 2.22. The minimum absolute atomic E-state index is 0.00951. The summed E-state index contributed by atoms with van der Waals surface area (Å²) in [6, 6.07) is 0.119. The molecular weight excluding hydrogens is 322 g/mol. The van der Waals surface area contributed by atoms with Crippen molar-refractivity contribution in [2.45, 2.75) is 26.3 Å². The SMILES string of the molecule is CC(C)N1CC(C(=O)N2CCN(C(=O)OCCCl)CC2)CC1=O. The van der Waals surface area contributed by atoms with Gasteiger partial charge in [-0.1, -0.05) is 0 Å². The molecule has 0 aromatic heterocycles. The number of piperazine rings is 1. The van der Waals surface area contributed by atoms with Crippen molar-refractivity contribution in [1.29, 1.82) is 0 Å². The maximum atomic E-state index is 12.6. The molecule has 3 amide bonds. The summed E-state index contributed by atoms with van der Waals surface area (Å²) in [4.78, 5) is 41.3. The number of hydrogen-bond donors (Lipinski definition) is 0. The molecule has 2 heterocycles. The Morgan fingerprint density at radius 1 is 1.22 bits per heavy atom. The van der Waals surface area contributed by atoms with Crippen LogP contribution in [0.15, 0.2) is 0 Å². The van der Waals surface area contributed by atoms with Crippen LogP contribution < -0.4 is 0 Å². The molecule has 2 fully saturated rings. The predicted molar refractivity (Wildman–Crippen MR) is 85.2 cm³/mol. The van der Waals surface area contributed by atoms with Crippen molar-refractivity contribution in [3.8, 4) is 0 Å². The van der Waals surface area contributed by atoms with Crippen LogP contribution in [0.2, 0.25) is 0 Å². The Hall–Kier alpha value is -1.50. The third-order valence-corrected chi connectivity index (χ3v) is 4.44. The fraction of sp³-hybridized carbons (Fsp3) is 0.800. The molecule has 0 spiro atoms. The standard InChI is InChI=1S/C15H24ClN3O4/c1-11(2)19-10-12(9-13(19)20)14(21)17-4-6-18(7-5-17)15(22)23-8-3-16/h11-12H,3-10H2,1-2H3. The van der Waals surface area contributed by atoms with Crippen LogP contribution in [0.5, 0.6) is 0 Å². The summed E-state index contributed by atoms with van der Waals surface area (Å²) in [5, 5.41) is 0. The van der Waals surface area contributed by atoms with Crippen LogP contribution in [0.25, 0.3) is 0 Å². The van der Waals surface area contributed by atoms with Gasteiger partial charge in [-0.25, -0.2) is 4.79 Å². The number of ether oxygens (including phenoxy) is 1.